The first-order valence-electron chi connectivity index (χ1n) is 8.11. The van der Waals surface area contributed by atoms with Crippen LogP contribution in [-0.2, 0) is 0 Å². The summed E-state index contributed by atoms with van der Waals surface area (Å²) in [6.45, 7) is 1.78. The smallest absolute Gasteiger partial charge is 0.247 e. The van der Waals surface area contributed by atoms with Crippen molar-refractivity contribution in [3.63, 3.8) is 0 Å². The molecule has 0 N–H and O–H groups in total. The molecule has 2 heterocycles. The summed E-state index contributed by atoms with van der Waals surface area (Å²) < 4.78 is 11.6. The monoisotopic (exact) mass is 326 g/mol. The predicted octanol–water partition coefficient (Wildman–Crippen LogP) is 5.61. The maximum atomic E-state index is 6.12. The van der Waals surface area contributed by atoms with E-state index >= 15 is 0 Å². The summed E-state index contributed by atoms with van der Waals surface area (Å²) in [5, 5.41) is 10.2. The molecule has 4 nitrogen and oxygen atoms in total. The third-order valence-corrected chi connectivity index (χ3v) is 4.37. The molecule has 0 fully saturated rings. The van der Waals surface area contributed by atoms with Gasteiger partial charge in [-0.2, -0.15) is 0 Å². The van der Waals surface area contributed by atoms with Gasteiger partial charge in [0.05, 0.1) is 0 Å². The van der Waals surface area contributed by atoms with Crippen molar-refractivity contribution in [1.29, 1.82) is 0 Å². The van der Waals surface area contributed by atoms with Crippen molar-refractivity contribution >= 4 is 21.9 Å². The minimum atomic E-state index is 0.533. The summed E-state index contributed by atoms with van der Waals surface area (Å²) in [7, 11) is 0. The molecule has 0 unspecified atom stereocenters. The number of benzene rings is 3. The van der Waals surface area contributed by atoms with E-state index in [1.165, 1.54) is 0 Å². The summed E-state index contributed by atoms with van der Waals surface area (Å²) >= 11 is 0. The second kappa shape index (κ2) is 5.31. The van der Waals surface area contributed by atoms with Crippen molar-refractivity contribution in [3.05, 3.63) is 72.6 Å². The minimum absolute atomic E-state index is 0.533. The van der Waals surface area contributed by atoms with Crippen molar-refractivity contribution in [1.82, 2.24) is 10.2 Å². The average Bonchev–Trinajstić information content (AvgIpc) is 3.25. The van der Waals surface area contributed by atoms with Crippen LogP contribution in [0.4, 0.5) is 0 Å². The number of rotatable bonds is 2. The molecule has 0 amide bonds. The standard InChI is InChI=1S/C21H14N2O2/c1-13-22-23-21(24-13)15-11-9-14(10-12-15)16-6-4-7-18-17-5-2-3-8-19(17)25-20(16)18/h2-12H,1H3. The maximum absolute atomic E-state index is 6.12. The number of furan rings is 1. The highest BCUT2D eigenvalue weighted by molar-refractivity contribution is 6.09. The van der Waals surface area contributed by atoms with Crippen LogP contribution in [0, 0.1) is 6.92 Å². The molecular weight excluding hydrogens is 312 g/mol. The highest BCUT2D eigenvalue weighted by Crippen LogP contribution is 2.36. The lowest BCUT2D eigenvalue weighted by Gasteiger charge is -2.03. The van der Waals surface area contributed by atoms with Gasteiger partial charge in [-0.05, 0) is 23.8 Å². The second-order valence-electron chi connectivity index (χ2n) is 5.98. The van der Waals surface area contributed by atoms with Gasteiger partial charge < -0.3 is 8.83 Å². The Bertz CT molecular complexity index is 1200. The van der Waals surface area contributed by atoms with Gasteiger partial charge in [-0.15, -0.1) is 10.2 Å². The van der Waals surface area contributed by atoms with Gasteiger partial charge in [-0.3, -0.25) is 0 Å². The number of nitrogens with zero attached hydrogens (tertiary/aromatic N) is 2. The Balaban J connectivity index is 1.65. The van der Waals surface area contributed by atoms with E-state index < -0.39 is 0 Å². The first-order chi connectivity index (χ1) is 12.3. The van der Waals surface area contributed by atoms with E-state index in [1.807, 2.05) is 30.3 Å². The van der Waals surface area contributed by atoms with Crippen LogP contribution in [0.15, 0.2) is 75.6 Å². The van der Waals surface area contributed by atoms with E-state index in [0.29, 0.717) is 11.8 Å². The molecule has 0 aliphatic heterocycles. The summed E-state index contributed by atoms with van der Waals surface area (Å²) in [6, 6.07) is 22.4. The van der Waals surface area contributed by atoms with Gasteiger partial charge in [-0.25, -0.2) is 0 Å². The summed E-state index contributed by atoms with van der Waals surface area (Å²) in [5.74, 6) is 1.09. The summed E-state index contributed by atoms with van der Waals surface area (Å²) in [5.41, 5.74) is 4.88. The topological polar surface area (TPSA) is 52.1 Å². The molecule has 3 aromatic carbocycles. The van der Waals surface area contributed by atoms with Crippen molar-refractivity contribution in [3.8, 4) is 22.6 Å². The van der Waals surface area contributed by atoms with Crippen LogP contribution >= 0.6 is 0 Å². The maximum Gasteiger partial charge on any atom is 0.247 e. The molecule has 0 spiro atoms. The van der Waals surface area contributed by atoms with Crippen LogP contribution in [0.1, 0.15) is 5.89 Å². The Morgan fingerprint density at radius 1 is 0.680 bits per heavy atom. The normalized spacial score (nSPS) is 11.4. The quantitative estimate of drug-likeness (QED) is 0.423. The van der Waals surface area contributed by atoms with Gasteiger partial charge in [0.25, 0.3) is 0 Å². The lowest BCUT2D eigenvalue weighted by atomic mass is 10.0. The summed E-state index contributed by atoms with van der Waals surface area (Å²) in [6.07, 6.45) is 0. The number of hydrogen-bond donors (Lipinski definition) is 0. The molecule has 5 rings (SSSR count). The first-order valence-corrected chi connectivity index (χ1v) is 8.11. The molecule has 4 heteroatoms. The fraction of sp³-hybridized carbons (Fsp3) is 0.0476. The Morgan fingerprint density at radius 3 is 2.24 bits per heavy atom. The number of aryl methyl sites for hydroxylation is 1. The predicted molar refractivity (Wildman–Crippen MR) is 97.2 cm³/mol. The van der Waals surface area contributed by atoms with Gasteiger partial charge in [0.1, 0.15) is 11.2 Å². The number of aromatic nitrogens is 2. The van der Waals surface area contributed by atoms with Crippen LogP contribution in [0.25, 0.3) is 44.5 Å². The van der Waals surface area contributed by atoms with Crippen molar-refractivity contribution < 1.29 is 8.83 Å². The Morgan fingerprint density at radius 2 is 1.44 bits per heavy atom. The van der Waals surface area contributed by atoms with E-state index in [-0.39, 0.29) is 0 Å². The second-order valence-corrected chi connectivity index (χ2v) is 5.98. The number of fused-ring (bicyclic) bond motifs is 3. The van der Waals surface area contributed by atoms with Gasteiger partial charge in [-0.1, -0.05) is 48.5 Å². The molecular formula is C21H14N2O2. The van der Waals surface area contributed by atoms with Crippen LogP contribution in [0.2, 0.25) is 0 Å². The lowest BCUT2D eigenvalue weighted by Crippen LogP contribution is -1.81. The third-order valence-electron chi connectivity index (χ3n) is 4.37. The van der Waals surface area contributed by atoms with Crippen LogP contribution in [0.3, 0.4) is 0 Å². The largest absolute Gasteiger partial charge is 0.455 e. The Labute approximate surface area is 143 Å². The van der Waals surface area contributed by atoms with E-state index in [9.17, 15) is 0 Å². The zero-order valence-corrected chi connectivity index (χ0v) is 13.6. The fourth-order valence-electron chi connectivity index (χ4n) is 3.18. The lowest BCUT2D eigenvalue weighted by molar-refractivity contribution is 0.533. The van der Waals surface area contributed by atoms with Crippen LogP contribution in [-0.4, -0.2) is 10.2 Å². The Kier molecular flexibility index (Phi) is 2.97. The minimum Gasteiger partial charge on any atom is -0.455 e. The van der Waals surface area contributed by atoms with E-state index in [1.54, 1.807) is 6.92 Å². The van der Waals surface area contributed by atoms with Crippen molar-refractivity contribution in [2.24, 2.45) is 0 Å². The third kappa shape index (κ3) is 2.22. The molecule has 0 saturated heterocycles. The molecule has 0 saturated carbocycles. The van der Waals surface area contributed by atoms with Gasteiger partial charge >= 0.3 is 0 Å². The highest BCUT2D eigenvalue weighted by atomic mass is 16.4. The zero-order valence-electron chi connectivity index (χ0n) is 13.6. The molecule has 5 aromatic rings. The molecule has 0 atom stereocenters. The van der Waals surface area contributed by atoms with Gasteiger partial charge in [0.15, 0.2) is 0 Å². The zero-order chi connectivity index (χ0) is 16.8. The number of para-hydroxylation sites is 2. The summed E-state index contributed by atoms with van der Waals surface area (Å²) in [4.78, 5) is 0. The molecule has 25 heavy (non-hydrogen) atoms. The molecule has 0 bridgehead atoms. The molecule has 2 aromatic heterocycles. The van der Waals surface area contributed by atoms with E-state index in [4.69, 9.17) is 8.83 Å². The Hall–Kier alpha value is -3.40. The van der Waals surface area contributed by atoms with Gasteiger partial charge in [0, 0.05) is 28.8 Å². The van der Waals surface area contributed by atoms with Crippen LogP contribution < -0.4 is 0 Å². The van der Waals surface area contributed by atoms with Crippen LogP contribution in [0.5, 0.6) is 0 Å². The average molecular weight is 326 g/mol. The highest BCUT2D eigenvalue weighted by Gasteiger charge is 2.12. The first kappa shape index (κ1) is 14.0. The molecule has 120 valence electrons. The van der Waals surface area contributed by atoms with E-state index in [2.05, 4.69) is 46.6 Å². The molecule has 0 aliphatic carbocycles. The van der Waals surface area contributed by atoms with E-state index in [0.717, 1.165) is 38.6 Å². The van der Waals surface area contributed by atoms with Crippen molar-refractivity contribution in [2.75, 3.05) is 0 Å². The molecule has 0 radical (unpaired) electrons. The molecule has 0 aliphatic rings. The fourth-order valence-corrected chi connectivity index (χ4v) is 3.18. The SMILES string of the molecule is Cc1nnc(-c2ccc(-c3cccc4c3oc3ccccc34)cc2)o1. The van der Waals surface area contributed by atoms with Crippen molar-refractivity contribution in [2.45, 2.75) is 6.92 Å². The number of hydrogen-bond acceptors (Lipinski definition) is 4. The van der Waals surface area contributed by atoms with Gasteiger partial charge in [0.2, 0.25) is 11.8 Å².